The highest BCUT2D eigenvalue weighted by Gasteiger charge is 2.13. The molecule has 1 aliphatic rings. The van der Waals surface area contributed by atoms with Gasteiger partial charge in [-0.25, -0.2) is 4.39 Å². The van der Waals surface area contributed by atoms with Crippen molar-refractivity contribution in [3.63, 3.8) is 0 Å². The third-order valence-electron chi connectivity index (χ3n) is 7.40. The zero-order valence-electron chi connectivity index (χ0n) is 24.9. The van der Waals surface area contributed by atoms with Crippen LogP contribution in [0.25, 0.3) is 0 Å². The van der Waals surface area contributed by atoms with Crippen molar-refractivity contribution in [3.8, 4) is 23.0 Å². The van der Waals surface area contributed by atoms with E-state index in [2.05, 4.69) is 30.6 Å². The summed E-state index contributed by atoms with van der Waals surface area (Å²) in [5.74, 6) is 1.72. The highest BCUT2D eigenvalue weighted by molar-refractivity contribution is 5.56. The molecule has 0 aromatic heterocycles. The van der Waals surface area contributed by atoms with Crippen LogP contribution in [0.5, 0.6) is 23.0 Å². The Hall–Kier alpha value is -3.45. The SMILES string of the molecule is CCN(Cc1ccc(OCCN(C)C(C)C)c(F)c1)c1ccc(OC)c(OC)c1.Oc1ccc2c(c1)CCCC2. The second-order valence-corrected chi connectivity index (χ2v) is 10.4. The topological polar surface area (TPSA) is 54.4 Å². The summed E-state index contributed by atoms with van der Waals surface area (Å²) in [7, 11) is 5.26. The van der Waals surface area contributed by atoms with E-state index in [0.717, 1.165) is 30.8 Å². The van der Waals surface area contributed by atoms with Crippen molar-refractivity contribution in [3.05, 3.63) is 77.1 Å². The first-order valence-corrected chi connectivity index (χ1v) is 14.1. The van der Waals surface area contributed by atoms with E-state index in [9.17, 15) is 9.50 Å². The fourth-order valence-electron chi connectivity index (χ4n) is 4.67. The molecule has 0 atom stereocenters. The molecule has 4 rings (SSSR count). The van der Waals surface area contributed by atoms with Crippen molar-refractivity contribution in [2.45, 2.75) is 59.0 Å². The van der Waals surface area contributed by atoms with Gasteiger partial charge in [-0.2, -0.15) is 0 Å². The number of likely N-dealkylation sites (N-methyl/N-ethyl adjacent to an activating group) is 1. The van der Waals surface area contributed by atoms with Gasteiger partial charge in [-0.1, -0.05) is 12.1 Å². The van der Waals surface area contributed by atoms with Gasteiger partial charge in [0, 0.05) is 37.4 Å². The molecule has 1 aliphatic carbocycles. The summed E-state index contributed by atoms with van der Waals surface area (Å²) in [6.07, 6.45) is 4.91. The minimum absolute atomic E-state index is 0.292. The monoisotopic (exact) mass is 552 g/mol. The van der Waals surface area contributed by atoms with E-state index in [1.807, 2.05) is 43.4 Å². The van der Waals surface area contributed by atoms with Gasteiger partial charge in [0.2, 0.25) is 0 Å². The predicted octanol–water partition coefficient (Wildman–Crippen LogP) is 6.86. The lowest BCUT2D eigenvalue weighted by Gasteiger charge is -2.24. The fraction of sp³-hybridized carbons (Fsp3) is 0.455. The van der Waals surface area contributed by atoms with Crippen LogP contribution in [0.2, 0.25) is 0 Å². The van der Waals surface area contributed by atoms with Crippen molar-refractivity contribution in [1.82, 2.24) is 4.90 Å². The molecule has 0 saturated carbocycles. The van der Waals surface area contributed by atoms with Gasteiger partial charge in [-0.3, -0.25) is 0 Å². The van der Waals surface area contributed by atoms with E-state index < -0.39 is 0 Å². The second kappa shape index (κ2) is 15.4. The average Bonchev–Trinajstić information content (AvgIpc) is 2.96. The van der Waals surface area contributed by atoms with Crippen molar-refractivity contribution < 1.29 is 23.7 Å². The summed E-state index contributed by atoms with van der Waals surface area (Å²) in [5, 5.41) is 9.19. The van der Waals surface area contributed by atoms with Crippen molar-refractivity contribution in [2.75, 3.05) is 45.9 Å². The summed E-state index contributed by atoms with van der Waals surface area (Å²) in [6, 6.07) is 17.1. The van der Waals surface area contributed by atoms with Gasteiger partial charge in [0.1, 0.15) is 12.4 Å². The van der Waals surface area contributed by atoms with Crippen molar-refractivity contribution in [2.24, 2.45) is 0 Å². The largest absolute Gasteiger partial charge is 0.508 e. The number of hydrogen-bond acceptors (Lipinski definition) is 6. The van der Waals surface area contributed by atoms with Gasteiger partial charge >= 0.3 is 0 Å². The molecule has 0 radical (unpaired) electrons. The van der Waals surface area contributed by atoms with Gasteiger partial charge < -0.3 is 29.1 Å². The molecule has 0 unspecified atom stereocenters. The Kier molecular flexibility index (Phi) is 11.9. The quantitative estimate of drug-likeness (QED) is 0.281. The van der Waals surface area contributed by atoms with Crippen LogP contribution in [0.1, 0.15) is 50.3 Å². The standard InChI is InChI=1S/C23H33FN2O3.C10H12O/c1-7-26(19-9-11-22(27-5)23(15-19)28-6)16-18-8-10-21(20(24)14-18)29-13-12-25(4)17(2)3;11-10-6-5-8-3-1-2-4-9(8)7-10/h8-11,14-15,17H,7,12-13,16H2,1-6H3;5-7,11H,1-4H2. The molecule has 7 heteroatoms. The molecule has 3 aromatic rings. The minimum atomic E-state index is -0.335. The number of phenols is 1. The molecular weight excluding hydrogens is 507 g/mol. The van der Waals surface area contributed by atoms with Crippen LogP contribution in [0.15, 0.2) is 54.6 Å². The number of rotatable bonds is 11. The van der Waals surface area contributed by atoms with Crippen LogP contribution in [0.3, 0.4) is 0 Å². The third-order valence-corrected chi connectivity index (χ3v) is 7.40. The Morgan fingerprint density at radius 3 is 2.23 bits per heavy atom. The van der Waals surface area contributed by atoms with Crippen LogP contribution in [0.4, 0.5) is 10.1 Å². The first-order chi connectivity index (χ1) is 19.2. The van der Waals surface area contributed by atoms with Gasteiger partial charge in [0.05, 0.1) is 14.2 Å². The number of methoxy groups -OCH3 is 2. The number of hydrogen-bond donors (Lipinski definition) is 1. The van der Waals surface area contributed by atoms with E-state index in [-0.39, 0.29) is 5.82 Å². The van der Waals surface area contributed by atoms with Crippen molar-refractivity contribution >= 4 is 5.69 Å². The number of aryl methyl sites for hydroxylation is 2. The molecule has 0 fully saturated rings. The number of fused-ring (bicyclic) bond motifs is 1. The summed E-state index contributed by atoms with van der Waals surface area (Å²) < 4.78 is 30.8. The van der Waals surface area contributed by atoms with Gasteiger partial charge in [-0.15, -0.1) is 0 Å². The number of phenolic OH excluding ortho intramolecular Hbond substituents is 1. The maximum atomic E-state index is 14.5. The first kappa shape index (κ1) is 31.1. The maximum absolute atomic E-state index is 14.5. The number of anilines is 1. The molecule has 0 bridgehead atoms. The first-order valence-electron chi connectivity index (χ1n) is 14.1. The third kappa shape index (κ3) is 8.78. The van der Waals surface area contributed by atoms with E-state index in [1.165, 1.54) is 30.4 Å². The molecule has 0 amide bonds. The van der Waals surface area contributed by atoms with Gasteiger partial charge in [0.15, 0.2) is 23.1 Å². The zero-order chi connectivity index (χ0) is 29.1. The molecule has 6 nitrogen and oxygen atoms in total. The summed E-state index contributed by atoms with van der Waals surface area (Å²) in [5.41, 5.74) is 4.64. The highest BCUT2D eigenvalue weighted by Crippen LogP contribution is 2.32. The number of benzene rings is 3. The Labute approximate surface area is 239 Å². The summed E-state index contributed by atoms with van der Waals surface area (Å²) in [6.45, 7) is 8.87. The van der Waals surface area contributed by atoms with Crippen molar-refractivity contribution in [1.29, 1.82) is 0 Å². The number of nitrogens with zero attached hydrogens (tertiary/aromatic N) is 2. The van der Waals surface area contributed by atoms with Crippen LogP contribution >= 0.6 is 0 Å². The molecule has 40 heavy (non-hydrogen) atoms. The fourth-order valence-corrected chi connectivity index (χ4v) is 4.67. The number of halogens is 1. The molecule has 0 saturated heterocycles. The van der Waals surface area contributed by atoms with Gasteiger partial charge in [0.25, 0.3) is 0 Å². The van der Waals surface area contributed by atoms with Crippen LogP contribution in [0, 0.1) is 5.82 Å². The zero-order valence-corrected chi connectivity index (χ0v) is 24.9. The van der Waals surface area contributed by atoms with E-state index >= 15 is 0 Å². The number of ether oxygens (including phenoxy) is 3. The molecular formula is C33H45FN2O4. The molecule has 0 heterocycles. The second-order valence-electron chi connectivity index (χ2n) is 10.4. The Bertz CT molecular complexity index is 1220. The van der Waals surface area contributed by atoms with E-state index in [4.69, 9.17) is 14.2 Å². The summed E-state index contributed by atoms with van der Waals surface area (Å²) in [4.78, 5) is 4.31. The molecule has 1 N–H and O–H groups in total. The lowest BCUT2D eigenvalue weighted by Crippen LogP contribution is -2.30. The highest BCUT2D eigenvalue weighted by atomic mass is 19.1. The lowest BCUT2D eigenvalue weighted by atomic mass is 9.92. The Balaban J connectivity index is 0.000000330. The molecule has 0 spiro atoms. The Morgan fingerprint density at radius 2 is 1.57 bits per heavy atom. The lowest BCUT2D eigenvalue weighted by molar-refractivity contribution is 0.204. The van der Waals surface area contributed by atoms with Crippen LogP contribution in [-0.4, -0.2) is 57.0 Å². The molecule has 0 aliphatic heterocycles. The summed E-state index contributed by atoms with van der Waals surface area (Å²) >= 11 is 0. The molecule has 3 aromatic carbocycles. The average molecular weight is 553 g/mol. The van der Waals surface area contributed by atoms with Crippen LogP contribution in [-0.2, 0) is 19.4 Å². The number of aromatic hydroxyl groups is 1. The Morgan fingerprint density at radius 1 is 0.875 bits per heavy atom. The van der Waals surface area contributed by atoms with Crippen LogP contribution < -0.4 is 19.1 Å². The minimum Gasteiger partial charge on any atom is -0.508 e. The van der Waals surface area contributed by atoms with E-state index in [1.54, 1.807) is 32.4 Å². The predicted molar refractivity (Wildman–Crippen MR) is 161 cm³/mol. The van der Waals surface area contributed by atoms with Gasteiger partial charge in [-0.05, 0) is 107 Å². The molecule has 218 valence electrons. The normalized spacial score (nSPS) is 12.4. The maximum Gasteiger partial charge on any atom is 0.165 e. The van der Waals surface area contributed by atoms with E-state index in [0.29, 0.717) is 42.2 Å². The smallest absolute Gasteiger partial charge is 0.165 e.